The molecule has 0 radical (unpaired) electrons. The predicted octanol–water partition coefficient (Wildman–Crippen LogP) is 3.25. The van der Waals surface area contributed by atoms with Gasteiger partial charge < -0.3 is 19.7 Å². The number of carbonyl (C=O) groups is 1. The molecule has 0 unspecified atom stereocenters. The Hall–Kier alpha value is -3.56. The molecule has 1 saturated heterocycles. The van der Waals surface area contributed by atoms with E-state index in [-0.39, 0.29) is 24.1 Å². The van der Waals surface area contributed by atoms with Crippen LogP contribution in [0.2, 0.25) is 0 Å². The van der Waals surface area contributed by atoms with E-state index in [2.05, 4.69) is 10.4 Å². The van der Waals surface area contributed by atoms with Crippen molar-refractivity contribution < 1.29 is 23.4 Å². The Morgan fingerprint density at radius 1 is 1.21 bits per heavy atom. The number of benzene rings is 2. The summed E-state index contributed by atoms with van der Waals surface area (Å²) in [7, 11) is 1.79. The van der Waals surface area contributed by atoms with Crippen LogP contribution in [0.1, 0.15) is 22.3 Å². The number of hydrogen-bond acceptors (Lipinski definition) is 4. The van der Waals surface area contributed by atoms with Gasteiger partial charge in [-0.3, -0.25) is 9.48 Å². The first-order valence-corrected chi connectivity index (χ1v) is 11.0. The summed E-state index contributed by atoms with van der Waals surface area (Å²) in [6, 6.07) is 8.99. The van der Waals surface area contributed by atoms with Crippen LogP contribution in [0, 0.1) is 11.6 Å². The van der Waals surface area contributed by atoms with E-state index in [9.17, 15) is 18.7 Å². The van der Waals surface area contributed by atoms with Gasteiger partial charge in [-0.1, -0.05) is 18.2 Å². The van der Waals surface area contributed by atoms with Crippen LogP contribution in [-0.4, -0.2) is 50.7 Å². The molecular formula is C25H24F2N4O3. The Kier molecular flexibility index (Phi) is 5.89. The Labute approximate surface area is 194 Å². The van der Waals surface area contributed by atoms with Crippen molar-refractivity contribution in [1.82, 2.24) is 19.7 Å². The molecule has 0 aliphatic carbocycles. The number of aromatic nitrogens is 3. The molecule has 176 valence electrons. The minimum atomic E-state index is -0.830. The van der Waals surface area contributed by atoms with E-state index >= 15 is 0 Å². The second-order valence-corrected chi connectivity index (χ2v) is 8.52. The minimum Gasteiger partial charge on any atom is -0.389 e. The van der Waals surface area contributed by atoms with Crippen molar-refractivity contribution in [2.24, 2.45) is 7.05 Å². The van der Waals surface area contributed by atoms with Crippen LogP contribution in [0.15, 0.2) is 55.0 Å². The van der Waals surface area contributed by atoms with Gasteiger partial charge in [0.15, 0.2) is 0 Å². The second-order valence-electron chi connectivity index (χ2n) is 8.52. The maximum atomic E-state index is 15.0. The molecule has 1 aliphatic heterocycles. The number of nitrogens with one attached hydrogen (secondary N) is 1. The van der Waals surface area contributed by atoms with Gasteiger partial charge in [0, 0.05) is 42.6 Å². The molecule has 0 bridgehead atoms. The van der Waals surface area contributed by atoms with Crippen molar-refractivity contribution in [3.8, 4) is 11.1 Å². The number of aliphatic hydroxyl groups is 1. The van der Waals surface area contributed by atoms with Crippen LogP contribution in [0.25, 0.3) is 22.0 Å². The van der Waals surface area contributed by atoms with Gasteiger partial charge in [-0.25, -0.2) is 8.78 Å². The fraction of sp³-hybridized carbons (Fsp3) is 0.280. The molecular weight excluding hydrogens is 442 g/mol. The first-order chi connectivity index (χ1) is 16.4. The molecule has 9 heteroatoms. The molecule has 2 aromatic carbocycles. The molecule has 0 saturated carbocycles. The zero-order valence-electron chi connectivity index (χ0n) is 18.5. The van der Waals surface area contributed by atoms with Crippen LogP contribution >= 0.6 is 0 Å². The Bertz CT molecular complexity index is 1360. The van der Waals surface area contributed by atoms with Crippen molar-refractivity contribution in [2.45, 2.75) is 25.1 Å². The molecule has 2 N–H and O–H groups in total. The maximum Gasteiger partial charge on any atom is 0.253 e. The smallest absolute Gasteiger partial charge is 0.253 e. The summed E-state index contributed by atoms with van der Waals surface area (Å²) in [6.07, 6.45) is 4.63. The van der Waals surface area contributed by atoms with E-state index in [4.69, 9.17) is 4.74 Å². The maximum absolute atomic E-state index is 15.0. The molecule has 2 aromatic heterocycles. The van der Waals surface area contributed by atoms with Crippen LogP contribution in [-0.2, 0) is 18.3 Å². The topological polar surface area (TPSA) is 81.3 Å². The number of amides is 1. The summed E-state index contributed by atoms with van der Waals surface area (Å²) in [5.41, 5.74) is 2.52. The quantitative estimate of drug-likeness (QED) is 0.473. The van der Waals surface area contributed by atoms with Crippen LogP contribution in [0.3, 0.4) is 0 Å². The third-order valence-corrected chi connectivity index (χ3v) is 6.17. The van der Waals surface area contributed by atoms with Crippen molar-refractivity contribution in [3.05, 3.63) is 77.8 Å². The van der Waals surface area contributed by atoms with Gasteiger partial charge in [0.2, 0.25) is 0 Å². The lowest BCUT2D eigenvalue weighted by molar-refractivity contribution is -0.0260. The molecule has 2 atom stereocenters. The zero-order chi connectivity index (χ0) is 23.8. The first-order valence-electron chi connectivity index (χ1n) is 11.0. The molecule has 3 heterocycles. The highest BCUT2D eigenvalue weighted by atomic mass is 19.1. The Balaban J connectivity index is 1.46. The van der Waals surface area contributed by atoms with Crippen molar-refractivity contribution >= 4 is 16.8 Å². The zero-order valence-corrected chi connectivity index (χ0v) is 18.5. The third kappa shape index (κ3) is 4.20. The minimum absolute atomic E-state index is 0.117. The second kappa shape index (κ2) is 9.00. The van der Waals surface area contributed by atoms with Gasteiger partial charge in [0.1, 0.15) is 11.6 Å². The van der Waals surface area contributed by atoms with E-state index in [1.807, 2.05) is 6.07 Å². The standard InChI is InChI=1S/C25H24F2N4O3/c1-30-11-17(10-28-30)15-5-6-16(20(27)9-15)12-31-13-18(24-19(26)3-2-4-22(24)31)25(33)29-21-7-8-34-14-23(21)32/h2-6,9-11,13,21,23,32H,7-8,12,14H2,1H3,(H,29,33)/t21-,23-/m1/s1. The summed E-state index contributed by atoms with van der Waals surface area (Å²) in [5.74, 6) is -1.44. The molecule has 5 rings (SSSR count). The van der Waals surface area contributed by atoms with E-state index < -0.39 is 29.7 Å². The molecule has 4 aromatic rings. The van der Waals surface area contributed by atoms with E-state index in [1.54, 1.807) is 46.9 Å². The normalized spacial score (nSPS) is 18.4. The van der Waals surface area contributed by atoms with E-state index in [0.29, 0.717) is 29.7 Å². The number of aryl methyl sites for hydroxylation is 1. The Morgan fingerprint density at radius 2 is 2.06 bits per heavy atom. The predicted molar refractivity (Wildman–Crippen MR) is 122 cm³/mol. The molecule has 0 spiro atoms. The van der Waals surface area contributed by atoms with Crippen LogP contribution in [0.4, 0.5) is 8.78 Å². The fourth-order valence-electron chi connectivity index (χ4n) is 4.36. The van der Waals surface area contributed by atoms with Gasteiger partial charge >= 0.3 is 0 Å². The van der Waals surface area contributed by atoms with Gasteiger partial charge in [-0.2, -0.15) is 5.10 Å². The molecule has 7 nitrogen and oxygen atoms in total. The van der Waals surface area contributed by atoms with Crippen molar-refractivity contribution in [2.75, 3.05) is 13.2 Å². The lowest BCUT2D eigenvalue weighted by atomic mass is 10.1. The molecule has 1 amide bonds. The molecule has 34 heavy (non-hydrogen) atoms. The van der Waals surface area contributed by atoms with Crippen LogP contribution in [0.5, 0.6) is 0 Å². The number of aliphatic hydroxyl groups excluding tert-OH is 1. The lowest BCUT2D eigenvalue weighted by Gasteiger charge is -2.28. The highest BCUT2D eigenvalue weighted by Crippen LogP contribution is 2.27. The lowest BCUT2D eigenvalue weighted by Crippen LogP contribution is -2.48. The van der Waals surface area contributed by atoms with Crippen molar-refractivity contribution in [1.29, 1.82) is 0 Å². The molecule has 1 aliphatic rings. The highest BCUT2D eigenvalue weighted by molar-refractivity contribution is 6.07. The van der Waals surface area contributed by atoms with Gasteiger partial charge in [0.05, 0.1) is 42.6 Å². The summed E-state index contributed by atoms with van der Waals surface area (Å²) in [5, 5.41) is 17.2. The van der Waals surface area contributed by atoms with E-state index in [1.165, 1.54) is 18.3 Å². The average Bonchev–Trinajstić information content (AvgIpc) is 3.41. The third-order valence-electron chi connectivity index (χ3n) is 6.17. The number of halogens is 2. The largest absolute Gasteiger partial charge is 0.389 e. The number of fused-ring (bicyclic) bond motifs is 1. The van der Waals surface area contributed by atoms with Crippen molar-refractivity contribution in [3.63, 3.8) is 0 Å². The number of ether oxygens (including phenoxy) is 1. The first kappa shape index (κ1) is 22.2. The van der Waals surface area contributed by atoms with Crippen LogP contribution < -0.4 is 5.32 Å². The summed E-state index contributed by atoms with van der Waals surface area (Å²) >= 11 is 0. The van der Waals surface area contributed by atoms with Gasteiger partial charge in [0.25, 0.3) is 5.91 Å². The number of carbonyl (C=O) groups excluding carboxylic acids is 1. The van der Waals surface area contributed by atoms with Gasteiger partial charge in [-0.05, 0) is 30.2 Å². The summed E-state index contributed by atoms with van der Waals surface area (Å²) < 4.78 is 38.3. The fourth-order valence-corrected chi connectivity index (χ4v) is 4.36. The number of hydrogen-bond donors (Lipinski definition) is 2. The average molecular weight is 466 g/mol. The monoisotopic (exact) mass is 466 g/mol. The van der Waals surface area contributed by atoms with Gasteiger partial charge in [-0.15, -0.1) is 0 Å². The van der Waals surface area contributed by atoms with E-state index in [0.717, 1.165) is 5.56 Å². The number of rotatable bonds is 5. The summed E-state index contributed by atoms with van der Waals surface area (Å²) in [6.45, 7) is 0.675. The SMILES string of the molecule is Cn1cc(-c2ccc(Cn3cc(C(=O)N[C@@H]4CCOC[C@H]4O)c4c(F)cccc43)c(F)c2)cn1. The highest BCUT2D eigenvalue weighted by Gasteiger charge is 2.27. The molecule has 1 fully saturated rings. The number of nitrogens with zero attached hydrogens (tertiary/aromatic N) is 3. The Morgan fingerprint density at radius 3 is 2.79 bits per heavy atom. The summed E-state index contributed by atoms with van der Waals surface area (Å²) in [4.78, 5) is 13.0.